The number of fused-ring (bicyclic) bond motifs is 1. The SMILES string of the molecule is NC1CCCC(Nc2ccc3ncc(-c4cccc(Cl)c4)n3n2)C1. The Bertz CT molecular complexity index is 859. The van der Waals surface area contributed by atoms with Crippen LogP contribution in [0, 0.1) is 0 Å². The van der Waals surface area contributed by atoms with Crippen LogP contribution >= 0.6 is 11.6 Å². The number of nitrogens with zero attached hydrogens (tertiary/aromatic N) is 3. The topological polar surface area (TPSA) is 68.2 Å². The highest BCUT2D eigenvalue weighted by Crippen LogP contribution is 2.25. The van der Waals surface area contributed by atoms with Gasteiger partial charge in [0.1, 0.15) is 5.82 Å². The van der Waals surface area contributed by atoms with Gasteiger partial charge >= 0.3 is 0 Å². The van der Waals surface area contributed by atoms with Gasteiger partial charge in [-0.3, -0.25) is 0 Å². The predicted molar refractivity (Wildman–Crippen MR) is 97.3 cm³/mol. The van der Waals surface area contributed by atoms with Crippen molar-refractivity contribution in [3.8, 4) is 11.3 Å². The van der Waals surface area contributed by atoms with Gasteiger partial charge in [-0.15, -0.1) is 5.10 Å². The Hall–Kier alpha value is -2.11. The van der Waals surface area contributed by atoms with Crippen LogP contribution in [0.4, 0.5) is 5.82 Å². The largest absolute Gasteiger partial charge is 0.366 e. The fourth-order valence-electron chi connectivity index (χ4n) is 3.36. The average Bonchev–Trinajstić information content (AvgIpc) is 2.98. The summed E-state index contributed by atoms with van der Waals surface area (Å²) in [5.74, 6) is 0.850. The highest BCUT2D eigenvalue weighted by atomic mass is 35.5. The number of benzene rings is 1. The van der Waals surface area contributed by atoms with E-state index in [-0.39, 0.29) is 6.04 Å². The minimum Gasteiger partial charge on any atom is -0.366 e. The molecule has 1 aromatic carbocycles. The van der Waals surface area contributed by atoms with Crippen LogP contribution in [0.3, 0.4) is 0 Å². The maximum atomic E-state index is 6.11. The van der Waals surface area contributed by atoms with Crippen molar-refractivity contribution in [2.75, 3.05) is 5.32 Å². The lowest BCUT2D eigenvalue weighted by Crippen LogP contribution is -2.35. The van der Waals surface area contributed by atoms with E-state index in [9.17, 15) is 0 Å². The molecule has 1 saturated carbocycles. The number of aromatic nitrogens is 3. The van der Waals surface area contributed by atoms with Crippen molar-refractivity contribution < 1.29 is 0 Å². The van der Waals surface area contributed by atoms with Gasteiger partial charge in [-0.2, -0.15) is 0 Å². The van der Waals surface area contributed by atoms with Crippen molar-refractivity contribution in [2.24, 2.45) is 5.73 Å². The van der Waals surface area contributed by atoms with Crippen LogP contribution in [0.1, 0.15) is 25.7 Å². The minimum atomic E-state index is 0.287. The van der Waals surface area contributed by atoms with Crippen molar-refractivity contribution in [1.29, 1.82) is 0 Å². The van der Waals surface area contributed by atoms with E-state index >= 15 is 0 Å². The van der Waals surface area contributed by atoms with Gasteiger partial charge in [0.15, 0.2) is 5.65 Å². The number of nitrogens with one attached hydrogen (secondary N) is 1. The highest BCUT2D eigenvalue weighted by molar-refractivity contribution is 6.30. The molecule has 0 radical (unpaired) electrons. The van der Waals surface area contributed by atoms with Gasteiger partial charge < -0.3 is 11.1 Å². The first-order valence-corrected chi connectivity index (χ1v) is 8.70. The Balaban J connectivity index is 1.66. The molecule has 0 saturated heterocycles. The Morgan fingerprint density at radius 3 is 2.96 bits per heavy atom. The molecule has 5 nitrogen and oxygen atoms in total. The Kier molecular flexibility index (Phi) is 4.12. The molecule has 0 spiro atoms. The number of rotatable bonds is 3. The second-order valence-electron chi connectivity index (χ2n) is 6.41. The quantitative estimate of drug-likeness (QED) is 0.761. The van der Waals surface area contributed by atoms with E-state index in [1.54, 1.807) is 0 Å². The number of hydrogen-bond acceptors (Lipinski definition) is 4. The van der Waals surface area contributed by atoms with Crippen molar-refractivity contribution in [3.63, 3.8) is 0 Å². The van der Waals surface area contributed by atoms with Crippen LogP contribution in [0.5, 0.6) is 0 Å². The number of nitrogens with two attached hydrogens (primary N) is 1. The van der Waals surface area contributed by atoms with Gasteiger partial charge in [-0.05, 0) is 49.9 Å². The van der Waals surface area contributed by atoms with E-state index in [2.05, 4.69) is 10.3 Å². The summed E-state index contributed by atoms with van der Waals surface area (Å²) >= 11 is 6.11. The molecular formula is C18H20ClN5. The van der Waals surface area contributed by atoms with Crippen molar-refractivity contribution in [2.45, 2.75) is 37.8 Å². The normalized spacial score (nSPS) is 21.1. The standard InChI is InChI=1S/C18H20ClN5/c19-13-4-1-3-12(9-13)16-11-21-18-8-7-17(23-24(16)18)22-15-6-2-5-14(20)10-15/h1,3-4,7-9,11,14-15H,2,5-6,10,20H2,(H,22,23). The lowest BCUT2D eigenvalue weighted by Gasteiger charge is -2.27. The molecular weight excluding hydrogens is 322 g/mol. The fourth-order valence-corrected chi connectivity index (χ4v) is 3.55. The van der Waals surface area contributed by atoms with Crippen LogP contribution < -0.4 is 11.1 Å². The van der Waals surface area contributed by atoms with E-state index in [1.165, 1.54) is 6.42 Å². The average molecular weight is 342 g/mol. The van der Waals surface area contributed by atoms with E-state index < -0.39 is 0 Å². The fraction of sp³-hybridized carbons (Fsp3) is 0.333. The molecule has 2 aromatic heterocycles. The summed E-state index contributed by atoms with van der Waals surface area (Å²) in [5, 5.41) is 8.94. The molecule has 2 unspecified atom stereocenters. The molecule has 3 aromatic rings. The maximum Gasteiger partial charge on any atom is 0.154 e. The smallest absolute Gasteiger partial charge is 0.154 e. The second kappa shape index (κ2) is 6.42. The number of halogens is 1. The zero-order valence-corrected chi connectivity index (χ0v) is 14.1. The molecule has 124 valence electrons. The van der Waals surface area contributed by atoms with Gasteiger partial charge in [0.25, 0.3) is 0 Å². The molecule has 3 N–H and O–H groups in total. The van der Waals surface area contributed by atoms with Crippen LogP contribution in [0.2, 0.25) is 5.02 Å². The van der Waals surface area contributed by atoms with E-state index in [1.807, 2.05) is 47.1 Å². The van der Waals surface area contributed by atoms with Gasteiger partial charge in [0.2, 0.25) is 0 Å². The molecule has 1 aliphatic carbocycles. The third-order valence-corrected chi connectivity index (χ3v) is 4.78. The number of imidazole rings is 1. The molecule has 1 fully saturated rings. The first-order valence-electron chi connectivity index (χ1n) is 8.32. The molecule has 24 heavy (non-hydrogen) atoms. The first-order chi connectivity index (χ1) is 11.7. The number of anilines is 1. The number of hydrogen-bond donors (Lipinski definition) is 2. The molecule has 0 bridgehead atoms. The van der Waals surface area contributed by atoms with E-state index in [0.29, 0.717) is 11.1 Å². The minimum absolute atomic E-state index is 0.287. The molecule has 2 atom stereocenters. The predicted octanol–water partition coefficient (Wildman–Crippen LogP) is 3.73. The zero-order valence-electron chi connectivity index (χ0n) is 13.3. The Morgan fingerprint density at radius 1 is 1.21 bits per heavy atom. The van der Waals surface area contributed by atoms with Gasteiger partial charge in [0, 0.05) is 22.7 Å². The molecule has 2 heterocycles. The van der Waals surface area contributed by atoms with E-state index in [0.717, 1.165) is 42.0 Å². The summed E-state index contributed by atoms with van der Waals surface area (Å²) in [4.78, 5) is 4.43. The van der Waals surface area contributed by atoms with Crippen molar-refractivity contribution >= 4 is 23.1 Å². The summed E-state index contributed by atoms with van der Waals surface area (Å²) in [7, 11) is 0. The third-order valence-electron chi connectivity index (χ3n) is 4.55. The maximum absolute atomic E-state index is 6.11. The third kappa shape index (κ3) is 3.09. The molecule has 1 aliphatic rings. The summed E-state index contributed by atoms with van der Waals surface area (Å²) < 4.78 is 1.86. The molecule has 0 aliphatic heterocycles. The Labute approximate surface area is 145 Å². The molecule has 0 amide bonds. The van der Waals surface area contributed by atoms with Crippen molar-refractivity contribution in [1.82, 2.24) is 14.6 Å². The zero-order chi connectivity index (χ0) is 16.5. The van der Waals surface area contributed by atoms with Crippen LogP contribution in [0.15, 0.2) is 42.6 Å². The van der Waals surface area contributed by atoms with Crippen molar-refractivity contribution in [3.05, 3.63) is 47.6 Å². The van der Waals surface area contributed by atoms with Crippen LogP contribution in [-0.4, -0.2) is 26.7 Å². The van der Waals surface area contributed by atoms with Crippen LogP contribution in [-0.2, 0) is 0 Å². The summed E-state index contributed by atoms with van der Waals surface area (Å²) in [6.07, 6.45) is 6.24. The summed E-state index contributed by atoms with van der Waals surface area (Å²) in [5.41, 5.74) is 8.82. The van der Waals surface area contributed by atoms with Gasteiger partial charge in [0.05, 0.1) is 11.9 Å². The van der Waals surface area contributed by atoms with Crippen LogP contribution in [0.25, 0.3) is 16.9 Å². The van der Waals surface area contributed by atoms with Gasteiger partial charge in [-0.25, -0.2) is 9.50 Å². The first kappa shape index (κ1) is 15.4. The summed E-state index contributed by atoms with van der Waals surface area (Å²) in [6, 6.07) is 12.4. The highest BCUT2D eigenvalue weighted by Gasteiger charge is 2.19. The summed E-state index contributed by atoms with van der Waals surface area (Å²) in [6.45, 7) is 0. The molecule has 6 heteroatoms. The second-order valence-corrected chi connectivity index (χ2v) is 6.85. The lowest BCUT2D eigenvalue weighted by molar-refractivity contribution is 0.408. The molecule has 4 rings (SSSR count). The monoisotopic (exact) mass is 341 g/mol. The van der Waals surface area contributed by atoms with Gasteiger partial charge in [-0.1, -0.05) is 23.7 Å². The Morgan fingerprint density at radius 2 is 2.12 bits per heavy atom. The van der Waals surface area contributed by atoms with E-state index in [4.69, 9.17) is 22.4 Å². The lowest BCUT2D eigenvalue weighted by atomic mass is 9.92.